The minimum absolute atomic E-state index is 0.166. The molecule has 7 heteroatoms. The molecule has 6 nitrogen and oxygen atoms in total. The Labute approximate surface area is 155 Å². The second-order valence-corrected chi connectivity index (χ2v) is 6.29. The summed E-state index contributed by atoms with van der Waals surface area (Å²) < 4.78 is 5.82. The topological polar surface area (TPSA) is 102 Å². The second-order valence-electron chi connectivity index (χ2n) is 5.86. The maximum atomic E-state index is 11.8. The summed E-state index contributed by atoms with van der Waals surface area (Å²) in [5.74, 6) is -0.640. The Morgan fingerprint density at radius 2 is 2.08 bits per heavy atom. The molecule has 0 aliphatic heterocycles. The van der Waals surface area contributed by atoms with Crippen molar-refractivity contribution in [3.05, 3.63) is 69.5 Å². The van der Waals surface area contributed by atoms with E-state index in [1.54, 1.807) is 19.2 Å². The number of aryl methyl sites for hydroxylation is 1. The van der Waals surface area contributed by atoms with E-state index in [9.17, 15) is 9.90 Å². The van der Waals surface area contributed by atoms with Crippen molar-refractivity contribution in [3.8, 4) is 0 Å². The van der Waals surface area contributed by atoms with Gasteiger partial charge in [-0.1, -0.05) is 23.7 Å². The number of carbonyl (C=O) groups excluding carboxylic acids is 1. The SMILES string of the molecule is Cc1ncc(CO)c2cc(C(N)=O)c(=NCCc3ccc(Cl)cc3)oc12. The molecule has 3 aromatic rings. The number of aliphatic hydroxyl groups is 1. The Morgan fingerprint density at radius 3 is 2.73 bits per heavy atom. The van der Waals surface area contributed by atoms with E-state index in [0.29, 0.717) is 40.2 Å². The van der Waals surface area contributed by atoms with Crippen LogP contribution < -0.4 is 11.3 Å². The average molecular weight is 372 g/mol. The van der Waals surface area contributed by atoms with Crippen LogP contribution >= 0.6 is 11.6 Å². The van der Waals surface area contributed by atoms with Crippen LogP contribution in [0.25, 0.3) is 11.0 Å². The number of halogens is 1. The number of fused-ring (bicyclic) bond motifs is 1. The maximum absolute atomic E-state index is 11.8. The summed E-state index contributed by atoms with van der Waals surface area (Å²) in [6.07, 6.45) is 2.21. The lowest BCUT2D eigenvalue weighted by molar-refractivity contribution is 0.0996. The van der Waals surface area contributed by atoms with Gasteiger partial charge in [0.05, 0.1) is 12.3 Å². The highest BCUT2D eigenvalue weighted by Crippen LogP contribution is 2.20. The monoisotopic (exact) mass is 371 g/mol. The van der Waals surface area contributed by atoms with E-state index in [4.69, 9.17) is 21.8 Å². The number of nitrogens with two attached hydrogens (primary N) is 1. The molecular weight excluding hydrogens is 354 g/mol. The molecule has 0 saturated carbocycles. The molecule has 1 aromatic carbocycles. The van der Waals surface area contributed by atoms with E-state index in [2.05, 4.69) is 9.98 Å². The number of hydrogen-bond acceptors (Lipinski definition) is 5. The van der Waals surface area contributed by atoms with Crippen molar-refractivity contribution in [2.45, 2.75) is 20.0 Å². The zero-order chi connectivity index (χ0) is 18.7. The van der Waals surface area contributed by atoms with Gasteiger partial charge in [0.15, 0.2) is 5.58 Å². The molecule has 1 amide bonds. The third-order valence-corrected chi connectivity index (χ3v) is 4.31. The van der Waals surface area contributed by atoms with E-state index in [1.165, 1.54) is 0 Å². The summed E-state index contributed by atoms with van der Waals surface area (Å²) in [6.45, 7) is 1.99. The highest BCUT2D eigenvalue weighted by atomic mass is 35.5. The Balaban J connectivity index is 2.03. The summed E-state index contributed by atoms with van der Waals surface area (Å²) in [4.78, 5) is 20.4. The summed E-state index contributed by atoms with van der Waals surface area (Å²) in [6, 6.07) is 9.08. The largest absolute Gasteiger partial charge is 0.436 e. The molecule has 0 aliphatic carbocycles. The van der Waals surface area contributed by atoms with Gasteiger partial charge in [-0.2, -0.15) is 0 Å². The van der Waals surface area contributed by atoms with Gasteiger partial charge in [0.25, 0.3) is 5.91 Å². The highest BCUT2D eigenvalue weighted by molar-refractivity contribution is 6.30. The summed E-state index contributed by atoms with van der Waals surface area (Å²) in [5.41, 5.74) is 8.57. The molecule has 3 N–H and O–H groups in total. The minimum Gasteiger partial charge on any atom is -0.436 e. The fourth-order valence-electron chi connectivity index (χ4n) is 2.65. The number of nitrogens with zero attached hydrogens (tertiary/aromatic N) is 2. The fourth-order valence-corrected chi connectivity index (χ4v) is 2.77. The van der Waals surface area contributed by atoms with E-state index >= 15 is 0 Å². The van der Waals surface area contributed by atoms with Gasteiger partial charge in [-0.25, -0.2) is 0 Å². The van der Waals surface area contributed by atoms with Crippen LogP contribution in [0.5, 0.6) is 0 Å². The van der Waals surface area contributed by atoms with Crippen LogP contribution in [0.15, 0.2) is 45.9 Å². The lowest BCUT2D eigenvalue weighted by Gasteiger charge is -2.07. The minimum atomic E-state index is -0.640. The average Bonchev–Trinajstić information content (AvgIpc) is 2.63. The molecule has 0 aliphatic rings. The third kappa shape index (κ3) is 3.76. The van der Waals surface area contributed by atoms with Crippen LogP contribution in [0, 0.1) is 6.92 Å². The zero-order valence-electron chi connectivity index (χ0n) is 14.2. The quantitative estimate of drug-likeness (QED) is 0.719. The molecular formula is C19H18ClN3O3. The molecule has 0 bridgehead atoms. The van der Waals surface area contributed by atoms with Gasteiger partial charge in [-0.15, -0.1) is 0 Å². The Kier molecular flexibility index (Phi) is 5.35. The van der Waals surface area contributed by atoms with Crippen molar-refractivity contribution in [1.82, 2.24) is 4.98 Å². The first-order chi connectivity index (χ1) is 12.5. The predicted octanol–water partition coefficient (Wildman–Crippen LogP) is 2.52. The smallest absolute Gasteiger partial charge is 0.254 e. The number of pyridine rings is 1. The molecule has 0 saturated heterocycles. The summed E-state index contributed by atoms with van der Waals surface area (Å²) >= 11 is 5.88. The van der Waals surface area contributed by atoms with Crippen LogP contribution in [-0.2, 0) is 13.0 Å². The van der Waals surface area contributed by atoms with E-state index < -0.39 is 5.91 Å². The highest BCUT2D eigenvalue weighted by Gasteiger charge is 2.13. The molecule has 2 heterocycles. The van der Waals surface area contributed by atoms with Gasteiger partial charge < -0.3 is 15.3 Å². The standard InChI is InChI=1S/C19H18ClN3O3/c1-11-17-15(13(10-24)9-23-11)8-16(18(21)25)19(26-17)22-7-6-12-2-4-14(20)5-3-12/h2-5,8-9,24H,6-7,10H2,1H3,(H2,21,25). The molecule has 2 aromatic heterocycles. The number of primary amides is 1. The number of carbonyl (C=O) groups is 1. The molecule has 0 unspecified atom stereocenters. The number of benzene rings is 1. The normalized spacial score (nSPS) is 11.9. The lowest BCUT2D eigenvalue weighted by atomic mass is 10.1. The summed E-state index contributed by atoms with van der Waals surface area (Å²) in [7, 11) is 0. The van der Waals surface area contributed by atoms with Crippen LogP contribution in [0.3, 0.4) is 0 Å². The van der Waals surface area contributed by atoms with Crippen molar-refractivity contribution >= 4 is 28.5 Å². The Morgan fingerprint density at radius 1 is 1.35 bits per heavy atom. The number of aliphatic hydroxyl groups excluding tert-OH is 1. The van der Waals surface area contributed by atoms with Crippen LogP contribution in [0.4, 0.5) is 0 Å². The van der Waals surface area contributed by atoms with Crippen molar-refractivity contribution in [2.75, 3.05) is 6.54 Å². The molecule has 0 fully saturated rings. The lowest BCUT2D eigenvalue weighted by Crippen LogP contribution is -2.22. The Bertz CT molecular complexity index is 1030. The van der Waals surface area contributed by atoms with Crippen LogP contribution in [0.2, 0.25) is 5.02 Å². The third-order valence-electron chi connectivity index (χ3n) is 4.06. The van der Waals surface area contributed by atoms with Crippen molar-refractivity contribution < 1.29 is 14.3 Å². The van der Waals surface area contributed by atoms with E-state index in [-0.39, 0.29) is 17.7 Å². The molecule has 0 radical (unpaired) electrons. The first-order valence-corrected chi connectivity index (χ1v) is 8.45. The van der Waals surface area contributed by atoms with E-state index in [1.807, 2.05) is 24.3 Å². The second kappa shape index (κ2) is 7.68. The van der Waals surface area contributed by atoms with Crippen LogP contribution in [0.1, 0.15) is 27.2 Å². The number of hydrogen-bond donors (Lipinski definition) is 2. The van der Waals surface area contributed by atoms with E-state index in [0.717, 1.165) is 5.56 Å². The molecule has 0 spiro atoms. The fraction of sp³-hybridized carbons (Fsp3) is 0.211. The summed E-state index contributed by atoms with van der Waals surface area (Å²) in [5, 5.41) is 10.8. The van der Waals surface area contributed by atoms with Gasteiger partial charge in [0, 0.05) is 28.7 Å². The maximum Gasteiger partial charge on any atom is 0.254 e. The predicted molar refractivity (Wildman–Crippen MR) is 98.8 cm³/mol. The molecule has 134 valence electrons. The number of amides is 1. The van der Waals surface area contributed by atoms with Gasteiger partial charge in [-0.05, 0) is 37.1 Å². The van der Waals surface area contributed by atoms with Crippen molar-refractivity contribution in [2.24, 2.45) is 10.7 Å². The first kappa shape index (κ1) is 18.1. The number of rotatable bonds is 5. The number of aromatic nitrogens is 1. The van der Waals surface area contributed by atoms with Crippen LogP contribution in [-0.4, -0.2) is 22.5 Å². The molecule has 26 heavy (non-hydrogen) atoms. The first-order valence-electron chi connectivity index (χ1n) is 8.07. The molecule has 0 atom stereocenters. The molecule has 3 rings (SSSR count). The van der Waals surface area contributed by atoms with Gasteiger partial charge in [0.1, 0.15) is 5.56 Å². The van der Waals surface area contributed by atoms with Gasteiger partial charge in [0.2, 0.25) is 5.55 Å². The van der Waals surface area contributed by atoms with Crippen molar-refractivity contribution in [1.29, 1.82) is 0 Å². The van der Waals surface area contributed by atoms with Crippen molar-refractivity contribution in [3.63, 3.8) is 0 Å². The van der Waals surface area contributed by atoms with Gasteiger partial charge >= 0.3 is 0 Å². The van der Waals surface area contributed by atoms with Gasteiger partial charge in [-0.3, -0.25) is 14.8 Å². The zero-order valence-corrected chi connectivity index (χ0v) is 15.0. The Hall–Kier alpha value is -2.70.